The molecule has 2 aromatic rings. The van der Waals surface area contributed by atoms with Gasteiger partial charge in [-0.15, -0.1) is 17.0 Å². The topological polar surface area (TPSA) is 48.8 Å². The summed E-state index contributed by atoms with van der Waals surface area (Å²) in [6, 6.07) is 13.2. The number of benzene rings is 2. The molecule has 0 saturated carbocycles. The minimum atomic E-state index is 0. The molecule has 1 unspecified atom stereocenters. The summed E-state index contributed by atoms with van der Waals surface area (Å²) in [7, 11) is 1.90. The highest BCUT2D eigenvalue weighted by atomic mass is 79.9. The molecule has 29 heavy (non-hydrogen) atoms. The van der Waals surface area contributed by atoms with E-state index in [1.807, 2.05) is 7.05 Å². The van der Waals surface area contributed by atoms with Crippen LogP contribution in [0.4, 0.5) is 0 Å². The standard InChI is InChI=1S/C24H30N4.BrH/c1-15-10-11-16(2)21-18(15)12-13-20(21)27-28-23(25-5)26-22-19-9-7-6-8-17(19)14-24(22,3)4;/h6-11,22H,12-14H2,1-5H3,(H2,25,26,28);1H. The molecule has 0 aromatic heterocycles. The molecule has 0 heterocycles. The number of hydrogen-bond donors (Lipinski definition) is 2. The van der Waals surface area contributed by atoms with Crippen molar-refractivity contribution >= 4 is 28.7 Å². The van der Waals surface area contributed by atoms with Crippen LogP contribution in [0.5, 0.6) is 0 Å². The average Bonchev–Trinajstić information content (AvgIpc) is 3.21. The first-order valence-corrected chi connectivity index (χ1v) is 10.2. The molecule has 2 aliphatic carbocycles. The van der Waals surface area contributed by atoms with Gasteiger partial charge in [-0.2, -0.15) is 5.10 Å². The van der Waals surface area contributed by atoms with Gasteiger partial charge in [-0.3, -0.25) is 0 Å². The number of guanidine groups is 1. The Balaban J connectivity index is 0.00000240. The maximum atomic E-state index is 5.03. The number of nitrogens with zero attached hydrogens (tertiary/aromatic N) is 2. The lowest BCUT2D eigenvalue weighted by atomic mass is 9.86. The maximum Gasteiger partial charge on any atom is 0.212 e. The summed E-state index contributed by atoms with van der Waals surface area (Å²) in [5.41, 5.74) is 12.6. The van der Waals surface area contributed by atoms with E-state index in [9.17, 15) is 0 Å². The number of aryl methyl sites for hydroxylation is 2. The van der Waals surface area contributed by atoms with Crippen LogP contribution in [-0.2, 0) is 12.8 Å². The fourth-order valence-corrected chi connectivity index (χ4v) is 4.69. The molecule has 0 radical (unpaired) electrons. The van der Waals surface area contributed by atoms with Gasteiger partial charge in [0.05, 0.1) is 11.8 Å². The van der Waals surface area contributed by atoms with Gasteiger partial charge in [0.15, 0.2) is 0 Å². The molecule has 1 atom stereocenters. The summed E-state index contributed by atoms with van der Waals surface area (Å²) in [5.74, 6) is 0.723. The van der Waals surface area contributed by atoms with Crippen LogP contribution < -0.4 is 10.7 Å². The Morgan fingerprint density at radius 1 is 1.03 bits per heavy atom. The fourth-order valence-electron chi connectivity index (χ4n) is 4.69. The number of rotatable bonds is 2. The molecular weight excluding hydrogens is 424 g/mol. The number of halogens is 1. The summed E-state index contributed by atoms with van der Waals surface area (Å²) < 4.78 is 0. The lowest BCUT2D eigenvalue weighted by Gasteiger charge is -2.25. The normalized spacial score (nSPS) is 20.8. The Morgan fingerprint density at radius 3 is 2.52 bits per heavy atom. The zero-order chi connectivity index (χ0) is 19.9. The molecule has 154 valence electrons. The van der Waals surface area contributed by atoms with E-state index in [1.54, 1.807) is 0 Å². The van der Waals surface area contributed by atoms with Crippen LogP contribution in [0.2, 0.25) is 0 Å². The highest BCUT2D eigenvalue weighted by Crippen LogP contribution is 2.47. The molecule has 0 bridgehead atoms. The largest absolute Gasteiger partial charge is 0.358 e. The van der Waals surface area contributed by atoms with Gasteiger partial charge in [0.25, 0.3) is 0 Å². The first-order chi connectivity index (χ1) is 13.4. The minimum Gasteiger partial charge on any atom is -0.358 e. The van der Waals surface area contributed by atoms with Gasteiger partial charge in [-0.1, -0.05) is 50.2 Å². The van der Waals surface area contributed by atoms with Crippen molar-refractivity contribution in [1.82, 2.24) is 10.7 Å². The predicted molar refractivity (Wildman–Crippen MR) is 127 cm³/mol. The van der Waals surface area contributed by atoms with Crippen LogP contribution in [0.15, 0.2) is 46.5 Å². The molecule has 0 spiro atoms. The third-order valence-corrected chi connectivity index (χ3v) is 6.18. The Hall–Kier alpha value is -2.14. The number of hydrazone groups is 1. The van der Waals surface area contributed by atoms with Crippen molar-refractivity contribution in [2.45, 2.75) is 53.0 Å². The molecule has 0 saturated heterocycles. The smallest absolute Gasteiger partial charge is 0.212 e. The van der Waals surface area contributed by atoms with Crippen molar-refractivity contribution in [2.75, 3.05) is 7.05 Å². The van der Waals surface area contributed by atoms with Gasteiger partial charge in [0, 0.05) is 12.6 Å². The first kappa shape index (κ1) is 21.6. The second-order valence-corrected chi connectivity index (χ2v) is 8.72. The molecule has 0 amide bonds. The van der Waals surface area contributed by atoms with Crippen LogP contribution in [0.1, 0.15) is 59.7 Å². The summed E-state index contributed by atoms with van der Waals surface area (Å²) in [6.07, 6.45) is 3.09. The molecule has 4 nitrogen and oxygen atoms in total. The van der Waals surface area contributed by atoms with E-state index in [4.69, 9.17) is 10.1 Å². The average molecular weight is 455 g/mol. The van der Waals surface area contributed by atoms with Gasteiger partial charge in [0.2, 0.25) is 5.96 Å². The quantitative estimate of drug-likeness (QED) is 0.380. The minimum absolute atomic E-state index is 0. The van der Waals surface area contributed by atoms with Crippen LogP contribution in [-0.4, -0.2) is 18.7 Å². The van der Waals surface area contributed by atoms with Crippen LogP contribution in [0.3, 0.4) is 0 Å². The molecule has 0 fully saturated rings. The Bertz CT molecular complexity index is 975. The molecule has 2 aromatic carbocycles. The van der Waals surface area contributed by atoms with Crippen LogP contribution in [0, 0.1) is 19.3 Å². The second-order valence-electron chi connectivity index (χ2n) is 8.72. The molecule has 2 N–H and O–H groups in total. The monoisotopic (exact) mass is 454 g/mol. The van der Waals surface area contributed by atoms with Crippen LogP contribution >= 0.6 is 17.0 Å². The second kappa shape index (κ2) is 8.31. The molecule has 4 rings (SSSR count). The Labute approximate surface area is 184 Å². The van der Waals surface area contributed by atoms with E-state index >= 15 is 0 Å². The van der Waals surface area contributed by atoms with Gasteiger partial charge in [-0.05, 0) is 66.3 Å². The van der Waals surface area contributed by atoms with Crippen molar-refractivity contribution in [1.29, 1.82) is 0 Å². The Morgan fingerprint density at radius 2 is 1.76 bits per heavy atom. The third kappa shape index (κ3) is 3.97. The summed E-state index contributed by atoms with van der Waals surface area (Å²) >= 11 is 0. The Kier molecular flexibility index (Phi) is 6.18. The van der Waals surface area contributed by atoms with E-state index in [2.05, 4.69) is 74.8 Å². The van der Waals surface area contributed by atoms with Gasteiger partial charge < -0.3 is 5.32 Å². The highest BCUT2D eigenvalue weighted by molar-refractivity contribution is 8.93. The van der Waals surface area contributed by atoms with E-state index in [0.29, 0.717) is 0 Å². The predicted octanol–water partition coefficient (Wildman–Crippen LogP) is 5.02. The van der Waals surface area contributed by atoms with Crippen molar-refractivity contribution < 1.29 is 0 Å². The summed E-state index contributed by atoms with van der Waals surface area (Å²) in [5, 5.41) is 7.96. The zero-order valence-corrected chi connectivity index (χ0v) is 19.7. The molecular formula is C24H31BrN4. The molecule has 0 aliphatic heterocycles. The number of fused-ring (bicyclic) bond motifs is 2. The van der Waals surface area contributed by atoms with Crippen molar-refractivity contribution in [2.24, 2.45) is 15.5 Å². The lowest BCUT2D eigenvalue weighted by molar-refractivity contribution is 0.319. The van der Waals surface area contributed by atoms with Gasteiger partial charge >= 0.3 is 0 Å². The van der Waals surface area contributed by atoms with E-state index in [0.717, 1.165) is 30.9 Å². The first-order valence-electron chi connectivity index (χ1n) is 10.2. The van der Waals surface area contributed by atoms with Crippen molar-refractivity contribution in [3.8, 4) is 0 Å². The zero-order valence-electron chi connectivity index (χ0n) is 18.0. The molecule has 5 heteroatoms. The number of nitrogens with one attached hydrogen (secondary N) is 2. The van der Waals surface area contributed by atoms with E-state index < -0.39 is 0 Å². The fraction of sp³-hybridized carbons (Fsp3) is 0.417. The molecule has 2 aliphatic rings. The van der Waals surface area contributed by atoms with Crippen LogP contribution in [0.25, 0.3) is 0 Å². The van der Waals surface area contributed by atoms with Gasteiger partial charge in [-0.25, -0.2) is 10.4 Å². The van der Waals surface area contributed by atoms with E-state index in [1.165, 1.54) is 33.4 Å². The van der Waals surface area contributed by atoms with Crippen molar-refractivity contribution in [3.05, 3.63) is 69.8 Å². The number of hydrogen-bond acceptors (Lipinski definition) is 2. The van der Waals surface area contributed by atoms with E-state index in [-0.39, 0.29) is 28.4 Å². The SMILES string of the molecule is Br.CNC(=NC1c2ccccc2CC1(C)C)NN=C1CCc2c(C)ccc(C)c21. The van der Waals surface area contributed by atoms with Gasteiger partial charge in [0.1, 0.15) is 0 Å². The third-order valence-electron chi connectivity index (χ3n) is 6.18. The maximum absolute atomic E-state index is 5.03. The summed E-state index contributed by atoms with van der Waals surface area (Å²) in [6.45, 7) is 8.94. The van der Waals surface area contributed by atoms with Crippen molar-refractivity contribution in [3.63, 3.8) is 0 Å². The number of aliphatic imine (C=N–C) groups is 1. The summed E-state index contributed by atoms with van der Waals surface area (Å²) in [4.78, 5) is 5.03. The highest BCUT2D eigenvalue weighted by Gasteiger charge is 2.39. The lowest BCUT2D eigenvalue weighted by Crippen LogP contribution is -2.33.